The first-order chi connectivity index (χ1) is 21.0. The summed E-state index contributed by atoms with van der Waals surface area (Å²) in [7, 11) is 4.24. The molecule has 0 spiro atoms. The molecule has 0 aliphatic carbocycles. The maximum atomic E-state index is 6.53. The summed E-state index contributed by atoms with van der Waals surface area (Å²) in [5, 5.41) is 2.16. The number of aryl methyl sites for hydroxylation is 3. The summed E-state index contributed by atoms with van der Waals surface area (Å²) >= 11 is 0. The summed E-state index contributed by atoms with van der Waals surface area (Å²) in [6.45, 7) is 2.17. The van der Waals surface area contributed by atoms with Crippen LogP contribution in [0.3, 0.4) is 0 Å². The van der Waals surface area contributed by atoms with E-state index in [1.165, 1.54) is 16.6 Å². The Morgan fingerprint density at radius 2 is 1.19 bits per heavy atom. The number of nitrogens with zero attached hydrogens (tertiary/aromatic N) is 5. The van der Waals surface area contributed by atoms with Gasteiger partial charge in [-0.05, 0) is 48.9 Å². The third kappa shape index (κ3) is 4.10. The second-order valence-electron chi connectivity index (χ2n) is 10.9. The van der Waals surface area contributed by atoms with Crippen molar-refractivity contribution in [3.8, 4) is 45.6 Å². The van der Waals surface area contributed by atoms with E-state index < -0.39 is 0 Å². The van der Waals surface area contributed by atoms with Crippen molar-refractivity contribution in [2.75, 3.05) is 0 Å². The lowest BCUT2D eigenvalue weighted by Crippen LogP contribution is -2.30. The van der Waals surface area contributed by atoms with Crippen molar-refractivity contribution in [1.82, 2.24) is 19.5 Å². The number of benzene rings is 5. The smallest absolute Gasteiger partial charge is 0.289 e. The summed E-state index contributed by atoms with van der Waals surface area (Å²) in [6, 6.07) is 39.1. The lowest BCUT2D eigenvalue weighted by atomic mass is 10.0. The van der Waals surface area contributed by atoms with E-state index in [2.05, 4.69) is 78.7 Å². The molecule has 0 N–H and O–H groups in total. The average molecular weight is 559 g/mol. The molecule has 3 aromatic heterocycles. The van der Waals surface area contributed by atoms with Gasteiger partial charge in [0.25, 0.3) is 5.82 Å². The Labute approximate surface area is 248 Å². The Hall–Kier alpha value is -5.62. The van der Waals surface area contributed by atoms with Crippen LogP contribution in [-0.4, -0.2) is 19.5 Å². The highest BCUT2D eigenvalue weighted by atomic mass is 16.3. The van der Waals surface area contributed by atoms with Crippen molar-refractivity contribution in [2.24, 2.45) is 14.1 Å². The second kappa shape index (κ2) is 9.74. The average Bonchev–Trinajstić information content (AvgIpc) is 3.54. The summed E-state index contributed by atoms with van der Waals surface area (Å²) in [4.78, 5) is 14.6. The van der Waals surface area contributed by atoms with Crippen molar-refractivity contribution in [2.45, 2.75) is 6.92 Å². The van der Waals surface area contributed by atoms with Crippen LogP contribution in [0.5, 0.6) is 0 Å². The molecular formula is C37H28N5O+. The van der Waals surface area contributed by atoms with Crippen LogP contribution in [0.15, 0.2) is 120 Å². The number of fused-ring (bicyclic) bond motifs is 4. The molecule has 0 bridgehead atoms. The predicted molar refractivity (Wildman–Crippen MR) is 171 cm³/mol. The SMILES string of the molecule is Cc1cc2c(cc1-c1n(C)c3ccccc3[n+]1C)oc1cc(-c3nc(-c4ccccc4)nc(-c4ccccc4)n3)ccc12. The molecule has 8 rings (SSSR count). The highest BCUT2D eigenvalue weighted by Gasteiger charge is 2.24. The molecule has 0 aliphatic rings. The summed E-state index contributed by atoms with van der Waals surface area (Å²) < 4.78 is 11.0. The van der Waals surface area contributed by atoms with Gasteiger partial charge in [0.2, 0.25) is 0 Å². The standard InChI is InChI=1S/C37H28N5O/c1-23-20-29-27-19-18-26(36-39-34(24-12-6-4-7-13-24)38-35(40-36)25-14-8-5-9-15-25)21-32(27)43-33(29)22-28(23)37-41(2)30-16-10-11-17-31(30)42(37)3/h4-22H,1-3H3/q+1. The number of aromatic nitrogens is 5. The highest BCUT2D eigenvalue weighted by Crippen LogP contribution is 2.36. The molecule has 0 saturated carbocycles. The van der Waals surface area contributed by atoms with E-state index >= 15 is 0 Å². The van der Waals surface area contributed by atoms with Gasteiger partial charge in [0.15, 0.2) is 28.5 Å². The van der Waals surface area contributed by atoms with Gasteiger partial charge >= 0.3 is 0 Å². The first-order valence-electron chi connectivity index (χ1n) is 14.3. The molecule has 5 aromatic carbocycles. The van der Waals surface area contributed by atoms with Gasteiger partial charge in [0.1, 0.15) is 11.2 Å². The monoisotopic (exact) mass is 558 g/mol. The minimum absolute atomic E-state index is 0.606. The van der Waals surface area contributed by atoms with E-state index in [9.17, 15) is 0 Å². The number of rotatable bonds is 4. The molecule has 0 unspecified atom stereocenters. The van der Waals surface area contributed by atoms with E-state index in [0.717, 1.165) is 50.0 Å². The van der Waals surface area contributed by atoms with Gasteiger partial charge in [-0.25, -0.2) is 24.1 Å². The van der Waals surface area contributed by atoms with Crippen LogP contribution in [0.1, 0.15) is 5.56 Å². The van der Waals surface area contributed by atoms with Gasteiger partial charge in [-0.2, -0.15) is 0 Å². The molecule has 6 nitrogen and oxygen atoms in total. The molecule has 206 valence electrons. The highest BCUT2D eigenvalue weighted by molar-refractivity contribution is 6.07. The van der Waals surface area contributed by atoms with Crippen LogP contribution in [0.25, 0.3) is 78.5 Å². The van der Waals surface area contributed by atoms with Crippen molar-refractivity contribution in [1.29, 1.82) is 0 Å². The van der Waals surface area contributed by atoms with Gasteiger partial charge in [-0.15, -0.1) is 0 Å². The van der Waals surface area contributed by atoms with Crippen LogP contribution in [-0.2, 0) is 14.1 Å². The summed E-state index contributed by atoms with van der Waals surface area (Å²) in [5.41, 5.74) is 9.13. The Balaban J connectivity index is 1.28. The van der Waals surface area contributed by atoms with Crippen LogP contribution in [0.2, 0.25) is 0 Å². The minimum atomic E-state index is 0.606. The number of hydrogen-bond donors (Lipinski definition) is 0. The van der Waals surface area contributed by atoms with Gasteiger partial charge in [-0.3, -0.25) is 0 Å². The van der Waals surface area contributed by atoms with Crippen molar-refractivity contribution >= 4 is 33.0 Å². The fraction of sp³-hybridized carbons (Fsp3) is 0.0811. The topological polar surface area (TPSA) is 60.6 Å². The Kier molecular flexibility index (Phi) is 5.69. The van der Waals surface area contributed by atoms with E-state index in [4.69, 9.17) is 19.4 Å². The third-order valence-electron chi connectivity index (χ3n) is 8.26. The zero-order valence-corrected chi connectivity index (χ0v) is 24.1. The minimum Gasteiger partial charge on any atom is -0.456 e. The van der Waals surface area contributed by atoms with Crippen LogP contribution >= 0.6 is 0 Å². The summed E-state index contributed by atoms with van der Waals surface area (Å²) in [6.07, 6.45) is 0. The van der Waals surface area contributed by atoms with Crippen LogP contribution in [0, 0.1) is 6.92 Å². The van der Waals surface area contributed by atoms with E-state index in [1.54, 1.807) is 0 Å². The van der Waals surface area contributed by atoms with Gasteiger partial charge in [0.05, 0.1) is 19.7 Å². The lowest BCUT2D eigenvalue weighted by Gasteiger charge is -2.08. The molecule has 0 fully saturated rings. The molecule has 6 heteroatoms. The quantitative estimate of drug-likeness (QED) is 0.205. The van der Waals surface area contributed by atoms with Gasteiger partial charge in [-0.1, -0.05) is 78.9 Å². The number of imidazole rings is 1. The first-order valence-corrected chi connectivity index (χ1v) is 14.3. The van der Waals surface area contributed by atoms with Crippen LogP contribution < -0.4 is 4.57 Å². The fourth-order valence-electron chi connectivity index (χ4n) is 6.09. The van der Waals surface area contributed by atoms with E-state index in [1.807, 2.05) is 66.7 Å². The Bertz CT molecular complexity index is 2220. The number of hydrogen-bond acceptors (Lipinski definition) is 4. The van der Waals surface area contributed by atoms with Crippen molar-refractivity contribution in [3.63, 3.8) is 0 Å². The Morgan fingerprint density at radius 3 is 1.84 bits per heavy atom. The van der Waals surface area contributed by atoms with Crippen molar-refractivity contribution < 1.29 is 8.98 Å². The molecule has 0 amide bonds. The van der Waals surface area contributed by atoms with Crippen molar-refractivity contribution in [3.05, 3.63) is 121 Å². The Morgan fingerprint density at radius 1 is 0.605 bits per heavy atom. The van der Waals surface area contributed by atoms with E-state index in [-0.39, 0.29) is 0 Å². The zero-order valence-electron chi connectivity index (χ0n) is 24.1. The predicted octanol–water partition coefficient (Wildman–Crippen LogP) is 8.06. The largest absolute Gasteiger partial charge is 0.456 e. The van der Waals surface area contributed by atoms with Gasteiger partial charge < -0.3 is 4.42 Å². The first kappa shape index (κ1) is 25.1. The zero-order chi connectivity index (χ0) is 29.1. The normalized spacial score (nSPS) is 11.6. The molecule has 8 aromatic rings. The van der Waals surface area contributed by atoms with Gasteiger partial charge in [0, 0.05) is 27.5 Å². The van der Waals surface area contributed by atoms with Crippen LogP contribution in [0.4, 0.5) is 0 Å². The molecule has 3 heterocycles. The summed E-state index contributed by atoms with van der Waals surface area (Å²) in [5.74, 6) is 3.01. The molecule has 0 atom stereocenters. The molecule has 0 radical (unpaired) electrons. The number of para-hydroxylation sites is 2. The molecule has 0 saturated heterocycles. The maximum absolute atomic E-state index is 6.53. The third-order valence-corrected chi connectivity index (χ3v) is 8.26. The van der Waals surface area contributed by atoms with E-state index in [0.29, 0.717) is 17.5 Å². The lowest BCUT2D eigenvalue weighted by molar-refractivity contribution is -0.634. The molecule has 0 aliphatic heterocycles. The fourth-order valence-corrected chi connectivity index (χ4v) is 6.09. The maximum Gasteiger partial charge on any atom is 0.289 e. The molecular weight excluding hydrogens is 530 g/mol. The second-order valence-corrected chi connectivity index (χ2v) is 10.9. The molecule has 43 heavy (non-hydrogen) atoms. The number of furan rings is 1.